The molecule has 5 heteroatoms. The average molecular weight is 266 g/mol. The van der Waals surface area contributed by atoms with Crippen LogP contribution >= 0.6 is 0 Å². The first kappa shape index (κ1) is 14.1. The number of hydrogen-bond donors (Lipinski definition) is 1. The van der Waals surface area contributed by atoms with Crippen LogP contribution < -0.4 is 0 Å². The van der Waals surface area contributed by atoms with Crippen molar-refractivity contribution in [3.8, 4) is 0 Å². The number of β-amino-alcohol motifs (C(OH)–C–C–N with tert-alkyl or cyclic N) is 1. The molecule has 0 aliphatic carbocycles. The number of aryl methyl sites for hydroxylation is 1. The number of rotatable bonds is 5. The number of amides is 1. The molecule has 1 N–H and O–H groups in total. The molecule has 0 radical (unpaired) electrons. The minimum Gasteiger partial charge on any atom is -0.469 e. The monoisotopic (exact) mass is 266 g/mol. The largest absolute Gasteiger partial charge is 0.469 e. The summed E-state index contributed by atoms with van der Waals surface area (Å²) in [5.41, 5.74) is 0. The van der Waals surface area contributed by atoms with E-state index in [1.807, 2.05) is 17.0 Å². The summed E-state index contributed by atoms with van der Waals surface area (Å²) in [7, 11) is 0. The Hall–Kier alpha value is -1.33. The molecule has 0 bridgehead atoms. The summed E-state index contributed by atoms with van der Waals surface area (Å²) >= 11 is 0. The van der Waals surface area contributed by atoms with Crippen LogP contribution in [0.1, 0.15) is 19.1 Å². The maximum absolute atomic E-state index is 12.0. The fraction of sp³-hybridized carbons (Fsp3) is 0.643. The molecule has 1 aromatic rings. The first-order chi connectivity index (χ1) is 9.15. The van der Waals surface area contributed by atoms with Crippen LogP contribution in [0.3, 0.4) is 0 Å². The number of hydrogen-bond acceptors (Lipinski definition) is 4. The first-order valence-electron chi connectivity index (χ1n) is 6.85. The summed E-state index contributed by atoms with van der Waals surface area (Å²) in [5, 5.41) is 9.34. The van der Waals surface area contributed by atoms with Gasteiger partial charge in [-0.15, -0.1) is 0 Å². The molecule has 0 aromatic carbocycles. The Morgan fingerprint density at radius 1 is 1.42 bits per heavy atom. The topological polar surface area (TPSA) is 56.9 Å². The molecule has 1 aliphatic rings. The third-order valence-corrected chi connectivity index (χ3v) is 3.41. The third-order valence-electron chi connectivity index (χ3n) is 3.41. The Balaban J connectivity index is 1.70. The fourth-order valence-corrected chi connectivity index (χ4v) is 2.40. The maximum Gasteiger partial charge on any atom is 0.223 e. The second-order valence-electron chi connectivity index (χ2n) is 5.11. The van der Waals surface area contributed by atoms with Crippen LogP contribution in [0.2, 0.25) is 0 Å². The lowest BCUT2D eigenvalue weighted by Gasteiger charge is -2.35. The van der Waals surface area contributed by atoms with Gasteiger partial charge >= 0.3 is 0 Å². The maximum atomic E-state index is 12.0. The smallest absolute Gasteiger partial charge is 0.223 e. The molecule has 106 valence electrons. The number of piperazine rings is 1. The van der Waals surface area contributed by atoms with E-state index in [9.17, 15) is 9.90 Å². The molecule has 0 unspecified atom stereocenters. The molecule has 2 heterocycles. The van der Waals surface area contributed by atoms with Crippen molar-refractivity contribution in [2.45, 2.75) is 25.9 Å². The number of furan rings is 1. The molecule has 1 amide bonds. The summed E-state index contributed by atoms with van der Waals surface area (Å²) in [6.45, 7) is 5.68. The molecule has 5 nitrogen and oxygen atoms in total. The Labute approximate surface area is 113 Å². The fourth-order valence-electron chi connectivity index (χ4n) is 2.40. The van der Waals surface area contributed by atoms with Crippen LogP contribution in [-0.4, -0.2) is 59.6 Å². The number of aliphatic hydroxyl groups is 1. The normalized spacial score (nSPS) is 18.5. The van der Waals surface area contributed by atoms with Crippen molar-refractivity contribution in [1.82, 2.24) is 9.80 Å². The van der Waals surface area contributed by atoms with Gasteiger partial charge in [0, 0.05) is 45.6 Å². The number of aliphatic hydroxyl groups excluding tert-OH is 1. The zero-order valence-corrected chi connectivity index (χ0v) is 11.4. The summed E-state index contributed by atoms with van der Waals surface area (Å²) in [6.07, 6.45) is 2.50. The number of carbonyl (C=O) groups is 1. The third kappa shape index (κ3) is 4.36. The van der Waals surface area contributed by atoms with Gasteiger partial charge in [0.25, 0.3) is 0 Å². The van der Waals surface area contributed by atoms with Gasteiger partial charge in [0.2, 0.25) is 5.91 Å². The highest BCUT2D eigenvalue weighted by molar-refractivity contribution is 5.76. The van der Waals surface area contributed by atoms with E-state index in [4.69, 9.17) is 4.42 Å². The molecule has 1 aliphatic heterocycles. The highest BCUT2D eigenvalue weighted by atomic mass is 16.3. The van der Waals surface area contributed by atoms with Crippen molar-refractivity contribution in [2.75, 3.05) is 32.7 Å². The summed E-state index contributed by atoms with van der Waals surface area (Å²) in [4.78, 5) is 16.1. The van der Waals surface area contributed by atoms with Crippen molar-refractivity contribution in [3.05, 3.63) is 24.2 Å². The highest BCUT2D eigenvalue weighted by Crippen LogP contribution is 2.08. The van der Waals surface area contributed by atoms with Gasteiger partial charge in [-0.25, -0.2) is 0 Å². The zero-order chi connectivity index (χ0) is 13.7. The van der Waals surface area contributed by atoms with Crippen LogP contribution in [0.25, 0.3) is 0 Å². The summed E-state index contributed by atoms with van der Waals surface area (Å²) < 4.78 is 5.23. The van der Waals surface area contributed by atoms with Crippen LogP contribution in [0.15, 0.2) is 22.8 Å². The van der Waals surface area contributed by atoms with E-state index >= 15 is 0 Å². The minimum absolute atomic E-state index is 0.188. The summed E-state index contributed by atoms with van der Waals surface area (Å²) in [6, 6.07) is 3.74. The molecule has 2 rings (SSSR count). The number of carbonyl (C=O) groups excluding carboxylic acids is 1. The second-order valence-corrected chi connectivity index (χ2v) is 5.11. The molecule has 1 aromatic heterocycles. The van der Waals surface area contributed by atoms with E-state index in [-0.39, 0.29) is 12.0 Å². The quantitative estimate of drug-likeness (QED) is 0.854. The van der Waals surface area contributed by atoms with Gasteiger partial charge in [0.1, 0.15) is 5.76 Å². The molecule has 1 fully saturated rings. The lowest BCUT2D eigenvalue weighted by atomic mass is 10.2. The standard InChI is InChI=1S/C14H22N2O3/c1-12(17)11-15-6-8-16(9-7-15)14(18)5-4-13-3-2-10-19-13/h2-3,10,12,17H,4-9,11H2,1H3/t12-/m1/s1. The Bertz CT molecular complexity index is 381. The molecular formula is C14H22N2O3. The van der Waals surface area contributed by atoms with Crippen molar-refractivity contribution in [2.24, 2.45) is 0 Å². The Morgan fingerprint density at radius 3 is 2.74 bits per heavy atom. The van der Waals surface area contributed by atoms with Gasteiger partial charge in [-0.2, -0.15) is 0 Å². The Kier molecular flexibility index (Phi) is 4.99. The van der Waals surface area contributed by atoms with Crippen molar-refractivity contribution >= 4 is 5.91 Å². The minimum atomic E-state index is -0.304. The second kappa shape index (κ2) is 6.73. The zero-order valence-electron chi connectivity index (χ0n) is 11.4. The van der Waals surface area contributed by atoms with Gasteiger partial charge in [0.05, 0.1) is 12.4 Å². The van der Waals surface area contributed by atoms with Crippen molar-refractivity contribution in [3.63, 3.8) is 0 Å². The van der Waals surface area contributed by atoms with Gasteiger partial charge in [0.15, 0.2) is 0 Å². The van der Waals surface area contributed by atoms with Crippen LogP contribution in [0.4, 0.5) is 0 Å². The van der Waals surface area contributed by atoms with Crippen LogP contribution in [0.5, 0.6) is 0 Å². The highest BCUT2D eigenvalue weighted by Gasteiger charge is 2.21. The lowest BCUT2D eigenvalue weighted by molar-refractivity contribution is -0.133. The SMILES string of the molecule is C[C@@H](O)CN1CCN(C(=O)CCc2ccco2)CC1. The van der Waals surface area contributed by atoms with Crippen molar-refractivity contribution in [1.29, 1.82) is 0 Å². The van der Waals surface area contributed by atoms with E-state index in [0.717, 1.165) is 31.9 Å². The van der Waals surface area contributed by atoms with E-state index in [0.29, 0.717) is 19.4 Å². The molecule has 0 spiro atoms. The number of nitrogens with zero attached hydrogens (tertiary/aromatic N) is 2. The van der Waals surface area contributed by atoms with Gasteiger partial charge < -0.3 is 14.4 Å². The van der Waals surface area contributed by atoms with E-state index in [1.165, 1.54) is 0 Å². The van der Waals surface area contributed by atoms with Gasteiger partial charge in [-0.3, -0.25) is 9.69 Å². The molecular weight excluding hydrogens is 244 g/mol. The molecule has 0 saturated carbocycles. The molecule has 1 atom stereocenters. The first-order valence-corrected chi connectivity index (χ1v) is 6.85. The van der Waals surface area contributed by atoms with Gasteiger partial charge in [-0.1, -0.05) is 0 Å². The summed E-state index contributed by atoms with van der Waals surface area (Å²) in [5.74, 6) is 1.05. The van der Waals surface area contributed by atoms with E-state index in [2.05, 4.69) is 4.90 Å². The molecule has 1 saturated heterocycles. The predicted octanol–water partition coefficient (Wildman–Crippen LogP) is 0.737. The van der Waals surface area contributed by atoms with E-state index < -0.39 is 0 Å². The Morgan fingerprint density at radius 2 is 2.16 bits per heavy atom. The van der Waals surface area contributed by atoms with Crippen LogP contribution in [-0.2, 0) is 11.2 Å². The average Bonchev–Trinajstić information content (AvgIpc) is 2.89. The predicted molar refractivity (Wildman–Crippen MR) is 71.7 cm³/mol. The van der Waals surface area contributed by atoms with Crippen molar-refractivity contribution < 1.29 is 14.3 Å². The lowest BCUT2D eigenvalue weighted by Crippen LogP contribution is -2.50. The van der Waals surface area contributed by atoms with E-state index in [1.54, 1.807) is 13.2 Å². The van der Waals surface area contributed by atoms with Gasteiger partial charge in [-0.05, 0) is 19.1 Å². The molecule has 19 heavy (non-hydrogen) atoms. The van der Waals surface area contributed by atoms with Crippen LogP contribution in [0, 0.1) is 0 Å².